The standard InChI is InChI=1S/C12H11BrClNO/c1-7-5-6-10(16-7)12(15)8-3-2-4-9(13)11(8)14/h2-6,12H,15H2,1H3. The summed E-state index contributed by atoms with van der Waals surface area (Å²) in [5, 5.41) is 0.629. The van der Waals surface area contributed by atoms with E-state index in [9.17, 15) is 0 Å². The predicted molar refractivity (Wildman–Crippen MR) is 68.6 cm³/mol. The quantitative estimate of drug-likeness (QED) is 0.908. The van der Waals surface area contributed by atoms with Gasteiger partial charge in [0, 0.05) is 4.47 Å². The molecule has 16 heavy (non-hydrogen) atoms. The number of halogens is 2. The molecular formula is C12H11BrClNO. The van der Waals surface area contributed by atoms with Crippen molar-refractivity contribution < 1.29 is 4.42 Å². The number of benzene rings is 1. The molecule has 0 aliphatic heterocycles. The third kappa shape index (κ3) is 2.17. The monoisotopic (exact) mass is 299 g/mol. The zero-order valence-corrected chi connectivity index (χ0v) is 11.0. The molecule has 0 fully saturated rings. The number of hydrogen-bond acceptors (Lipinski definition) is 2. The van der Waals surface area contributed by atoms with Crippen LogP contribution < -0.4 is 5.73 Å². The van der Waals surface area contributed by atoms with Crippen LogP contribution in [0.1, 0.15) is 23.1 Å². The van der Waals surface area contributed by atoms with Gasteiger partial charge in [-0.3, -0.25) is 0 Å². The fourth-order valence-electron chi connectivity index (χ4n) is 1.53. The fraction of sp³-hybridized carbons (Fsp3) is 0.167. The molecule has 0 amide bonds. The summed E-state index contributed by atoms with van der Waals surface area (Å²) in [5.74, 6) is 1.56. The van der Waals surface area contributed by atoms with Gasteiger partial charge in [0.2, 0.25) is 0 Å². The Bertz CT molecular complexity index is 509. The Morgan fingerprint density at radius 1 is 1.31 bits per heavy atom. The van der Waals surface area contributed by atoms with Gasteiger partial charge in [-0.15, -0.1) is 0 Å². The molecule has 1 heterocycles. The Morgan fingerprint density at radius 3 is 2.69 bits per heavy atom. The Labute approximate surface area is 108 Å². The topological polar surface area (TPSA) is 39.2 Å². The number of nitrogens with two attached hydrogens (primary N) is 1. The minimum atomic E-state index is -0.335. The van der Waals surface area contributed by atoms with Crippen molar-refractivity contribution in [3.63, 3.8) is 0 Å². The Morgan fingerprint density at radius 2 is 2.06 bits per heavy atom. The van der Waals surface area contributed by atoms with Gasteiger partial charge >= 0.3 is 0 Å². The minimum Gasteiger partial charge on any atom is -0.464 e. The number of rotatable bonds is 2. The molecule has 0 bridgehead atoms. The molecule has 0 aliphatic carbocycles. The molecule has 0 aliphatic rings. The van der Waals surface area contributed by atoms with Crippen molar-refractivity contribution >= 4 is 27.5 Å². The van der Waals surface area contributed by atoms with Gasteiger partial charge in [-0.2, -0.15) is 0 Å². The lowest BCUT2D eigenvalue weighted by molar-refractivity contribution is 0.466. The first-order valence-electron chi connectivity index (χ1n) is 4.85. The zero-order chi connectivity index (χ0) is 11.7. The summed E-state index contributed by atoms with van der Waals surface area (Å²) in [6, 6.07) is 9.11. The Balaban J connectivity index is 2.41. The summed E-state index contributed by atoms with van der Waals surface area (Å²) in [6.45, 7) is 1.89. The minimum absolute atomic E-state index is 0.335. The van der Waals surface area contributed by atoms with E-state index in [0.29, 0.717) is 5.02 Å². The first kappa shape index (κ1) is 11.7. The number of furan rings is 1. The van der Waals surface area contributed by atoms with E-state index in [4.69, 9.17) is 21.8 Å². The maximum Gasteiger partial charge on any atom is 0.125 e. The lowest BCUT2D eigenvalue weighted by Crippen LogP contribution is -2.11. The highest BCUT2D eigenvalue weighted by atomic mass is 79.9. The Hall–Kier alpha value is -0.770. The van der Waals surface area contributed by atoms with E-state index in [-0.39, 0.29) is 6.04 Å². The second kappa shape index (κ2) is 4.62. The zero-order valence-electron chi connectivity index (χ0n) is 8.71. The first-order chi connectivity index (χ1) is 7.59. The van der Waals surface area contributed by atoms with Gasteiger partial charge in [-0.05, 0) is 46.6 Å². The molecule has 4 heteroatoms. The maximum atomic E-state index is 6.18. The van der Waals surface area contributed by atoms with Gasteiger partial charge in [-0.1, -0.05) is 23.7 Å². The van der Waals surface area contributed by atoms with Gasteiger partial charge in [0.1, 0.15) is 11.5 Å². The molecule has 2 N–H and O–H groups in total. The van der Waals surface area contributed by atoms with E-state index in [1.165, 1.54) is 0 Å². The van der Waals surface area contributed by atoms with Crippen LogP contribution in [0.15, 0.2) is 39.2 Å². The molecule has 1 atom stereocenters. The molecule has 1 aromatic heterocycles. The highest BCUT2D eigenvalue weighted by Crippen LogP contribution is 2.32. The van der Waals surface area contributed by atoms with Gasteiger partial charge in [0.05, 0.1) is 11.1 Å². The Kier molecular flexibility index (Phi) is 3.38. The van der Waals surface area contributed by atoms with Crippen molar-refractivity contribution in [3.8, 4) is 0 Å². The van der Waals surface area contributed by atoms with E-state index in [1.54, 1.807) is 0 Å². The highest BCUT2D eigenvalue weighted by Gasteiger charge is 2.16. The van der Waals surface area contributed by atoms with Crippen molar-refractivity contribution in [2.24, 2.45) is 5.73 Å². The van der Waals surface area contributed by atoms with E-state index in [2.05, 4.69) is 15.9 Å². The second-order valence-electron chi connectivity index (χ2n) is 3.57. The molecule has 2 rings (SSSR count). The van der Waals surface area contributed by atoms with Gasteiger partial charge < -0.3 is 10.2 Å². The summed E-state index contributed by atoms with van der Waals surface area (Å²) in [7, 11) is 0. The van der Waals surface area contributed by atoms with E-state index in [1.807, 2.05) is 37.3 Å². The summed E-state index contributed by atoms with van der Waals surface area (Å²) in [5.41, 5.74) is 6.95. The third-order valence-electron chi connectivity index (χ3n) is 2.38. The van der Waals surface area contributed by atoms with Gasteiger partial charge in [-0.25, -0.2) is 0 Å². The van der Waals surface area contributed by atoms with Crippen LogP contribution in [-0.4, -0.2) is 0 Å². The lowest BCUT2D eigenvalue weighted by Gasteiger charge is -2.12. The van der Waals surface area contributed by atoms with Crippen molar-refractivity contribution in [3.05, 3.63) is 56.9 Å². The smallest absolute Gasteiger partial charge is 0.125 e. The third-order valence-corrected chi connectivity index (χ3v) is 3.70. The van der Waals surface area contributed by atoms with Crippen LogP contribution in [0.4, 0.5) is 0 Å². The van der Waals surface area contributed by atoms with Gasteiger partial charge in [0.25, 0.3) is 0 Å². The van der Waals surface area contributed by atoms with Crippen LogP contribution in [0.2, 0.25) is 5.02 Å². The fourth-order valence-corrected chi connectivity index (χ4v) is 2.16. The molecule has 0 saturated heterocycles. The molecule has 1 aromatic carbocycles. The maximum absolute atomic E-state index is 6.18. The number of hydrogen-bond donors (Lipinski definition) is 1. The average Bonchev–Trinajstić information content (AvgIpc) is 2.68. The van der Waals surface area contributed by atoms with Crippen molar-refractivity contribution in [2.45, 2.75) is 13.0 Å². The molecule has 0 radical (unpaired) electrons. The molecule has 0 spiro atoms. The summed E-state index contributed by atoms with van der Waals surface area (Å²) in [6.07, 6.45) is 0. The van der Waals surface area contributed by atoms with Crippen LogP contribution in [0.3, 0.4) is 0 Å². The molecule has 0 saturated carbocycles. The van der Waals surface area contributed by atoms with Crippen LogP contribution in [0, 0.1) is 6.92 Å². The molecule has 1 unspecified atom stereocenters. The van der Waals surface area contributed by atoms with Gasteiger partial charge in [0.15, 0.2) is 0 Å². The molecule has 2 nitrogen and oxygen atoms in total. The number of aryl methyl sites for hydroxylation is 1. The highest BCUT2D eigenvalue weighted by molar-refractivity contribution is 9.10. The summed E-state index contributed by atoms with van der Waals surface area (Å²) in [4.78, 5) is 0. The first-order valence-corrected chi connectivity index (χ1v) is 6.02. The van der Waals surface area contributed by atoms with Crippen LogP contribution in [0.5, 0.6) is 0 Å². The van der Waals surface area contributed by atoms with Crippen molar-refractivity contribution in [1.82, 2.24) is 0 Å². The molecule has 2 aromatic rings. The van der Waals surface area contributed by atoms with E-state index < -0.39 is 0 Å². The lowest BCUT2D eigenvalue weighted by atomic mass is 10.1. The van der Waals surface area contributed by atoms with Crippen LogP contribution in [-0.2, 0) is 0 Å². The van der Waals surface area contributed by atoms with E-state index >= 15 is 0 Å². The second-order valence-corrected chi connectivity index (χ2v) is 4.80. The van der Waals surface area contributed by atoms with E-state index in [0.717, 1.165) is 21.6 Å². The summed E-state index contributed by atoms with van der Waals surface area (Å²) < 4.78 is 6.33. The van der Waals surface area contributed by atoms with Crippen molar-refractivity contribution in [1.29, 1.82) is 0 Å². The molecule has 84 valence electrons. The SMILES string of the molecule is Cc1ccc(C(N)c2cccc(Br)c2Cl)o1. The normalized spacial score (nSPS) is 12.8. The van der Waals surface area contributed by atoms with Crippen molar-refractivity contribution in [2.75, 3.05) is 0 Å². The predicted octanol–water partition coefficient (Wildman–Crippen LogP) is 4.05. The van der Waals surface area contributed by atoms with Crippen LogP contribution in [0.25, 0.3) is 0 Å². The molecular weight excluding hydrogens is 289 g/mol. The largest absolute Gasteiger partial charge is 0.464 e. The van der Waals surface area contributed by atoms with Crippen LogP contribution >= 0.6 is 27.5 Å². The average molecular weight is 301 g/mol. The summed E-state index contributed by atoms with van der Waals surface area (Å²) >= 11 is 9.55.